The lowest BCUT2D eigenvalue weighted by Crippen LogP contribution is -2.64. The fraction of sp³-hybridized carbons (Fsp3) is 0.407. The molecule has 2 aliphatic heterocycles. The van der Waals surface area contributed by atoms with Gasteiger partial charge in [0.1, 0.15) is 5.60 Å². The molecule has 1 aromatic heterocycles. The van der Waals surface area contributed by atoms with Gasteiger partial charge in [-0.25, -0.2) is 4.79 Å². The molecule has 3 atom stereocenters. The molecule has 0 bridgehead atoms. The highest BCUT2D eigenvalue weighted by atomic mass is 16.6. The Morgan fingerprint density at radius 2 is 1.83 bits per heavy atom. The third-order valence-corrected chi connectivity index (χ3v) is 6.96. The summed E-state index contributed by atoms with van der Waals surface area (Å²) in [6, 6.07) is 13.7. The van der Waals surface area contributed by atoms with Crippen LogP contribution in [0.1, 0.15) is 44.1 Å². The van der Waals surface area contributed by atoms with E-state index in [0.717, 1.165) is 22.0 Å². The number of hydrogen-bond donors (Lipinski definition) is 1. The molecule has 8 heteroatoms. The van der Waals surface area contributed by atoms with Gasteiger partial charge in [-0.1, -0.05) is 36.4 Å². The number of carbonyl (C=O) groups is 2. The van der Waals surface area contributed by atoms with E-state index >= 15 is 0 Å². The van der Waals surface area contributed by atoms with Gasteiger partial charge in [0.2, 0.25) is 0 Å². The van der Waals surface area contributed by atoms with Crippen LogP contribution >= 0.6 is 0 Å². The van der Waals surface area contributed by atoms with Crippen LogP contribution in [-0.2, 0) is 14.3 Å². The van der Waals surface area contributed by atoms with Crippen molar-refractivity contribution in [3.8, 4) is 0 Å². The number of fused-ring (bicyclic) bond motifs is 1. The second kappa shape index (κ2) is 8.61. The van der Waals surface area contributed by atoms with Crippen LogP contribution in [0.5, 0.6) is 0 Å². The van der Waals surface area contributed by atoms with Gasteiger partial charge in [0, 0.05) is 43.1 Å². The van der Waals surface area contributed by atoms with E-state index in [9.17, 15) is 9.59 Å². The first-order valence-electron chi connectivity index (χ1n) is 11.8. The van der Waals surface area contributed by atoms with Crippen LogP contribution in [0.2, 0.25) is 0 Å². The molecule has 3 heterocycles. The largest absolute Gasteiger partial charge is 0.469 e. The maximum Gasteiger partial charge on any atom is 0.410 e. The number of esters is 1. The van der Waals surface area contributed by atoms with E-state index in [1.165, 1.54) is 7.11 Å². The predicted octanol–water partition coefficient (Wildman–Crippen LogP) is 4.04. The van der Waals surface area contributed by atoms with E-state index in [1.807, 2.05) is 39.0 Å². The van der Waals surface area contributed by atoms with Gasteiger partial charge in [0.25, 0.3) is 0 Å². The molecule has 5 rings (SSSR count). The molecule has 0 aliphatic carbocycles. The number of aromatic nitrogens is 2. The first-order chi connectivity index (χ1) is 16.7. The molecule has 2 saturated heterocycles. The number of rotatable bonds is 3. The van der Waals surface area contributed by atoms with E-state index in [4.69, 9.17) is 9.47 Å². The summed E-state index contributed by atoms with van der Waals surface area (Å²) in [6.07, 6.45) is 4.59. The van der Waals surface area contributed by atoms with Crippen LogP contribution in [0.15, 0.2) is 61.1 Å². The van der Waals surface area contributed by atoms with Crippen molar-refractivity contribution >= 4 is 22.8 Å². The van der Waals surface area contributed by atoms with Crippen molar-refractivity contribution in [1.29, 1.82) is 0 Å². The second-order valence-electron chi connectivity index (χ2n) is 10.4. The molecule has 3 aromatic rings. The summed E-state index contributed by atoms with van der Waals surface area (Å²) in [5.41, 5.74) is 0.498. The number of amides is 1. The third kappa shape index (κ3) is 4.12. The van der Waals surface area contributed by atoms with Crippen LogP contribution < -0.4 is 5.32 Å². The Balaban J connectivity index is 1.55. The Labute approximate surface area is 204 Å². The minimum absolute atomic E-state index is 0.296. The molecule has 182 valence electrons. The Morgan fingerprint density at radius 1 is 1.09 bits per heavy atom. The molecule has 2 fully saturated rings. The first kappa shape index (κ1) is 23.2. The summed E-state index contributed by atoms with van der Waals surface area (Å²) in [6.45, 7) is 6.22. The fourth-order valence-electron chi connectivity index (χ4n) is 5.48. The average Bonchev–Trinajstić information content (AvgIpc) is 3.18. The van der Waals surface area contributed by atoms with Gasteiger partial charge >= 0.3 is 12.1 Å². The Hall–Kier alpha value is -3.52. The van der Waals surface area contributed by atoms with Crippen molar-refractivity contribution in [3.63, 3.8) is 0 Å². The van der Waals surface area contributed by atoms with Gasteiger partial charge in [0.05, 0.1) is 24.8 Å². The lowest BCUT2D eigenvalue weighted by atomic mass is 9.64. The summed E-state index contributed by atoms with van der Waals surface area (Å²) in [7, 11) is 1.41. The summed E-state index contributed by atoms with van der Waals surface area (Å²) in [5, 5.41) is 5.89. The SMILES string of the molecule is COC(=O)[C@@H]1[C@H](c2ccc3ccccc3c2)N[C@H](c2cnccn2)C12CN(C(=O)OC(C)(C)C)C2. The number of nitrogens with zero attached hydrogens (tertiary/aromatic N) is 3. The molecule has 0 unspecified atom stereocenters. The maximum absolute atomic E-state index is 13.3. The molecule has 0 radical (unpaired) electrons. The normalized spacial score (nSPS) is 23.2. The zero-order valence-electron chi connectivity index (χ0n) is 20.4. The Morgan fingerprint density at radius 3 is 2.49 bits per heavy atom. The monoisotopic (exact) mass is 474 g/mol. The average molecular weight is 475 g/mol. The number of ether oxygens (including phenoxy) is 2. The summed E-state index contributed by atoms with van der Waals surface area (Å²) >= 11 is 0. The van der Waals surface area contributed by atoms with Crippen LogP contribution in [0.3, 0.4) is 0 Å². The lowest BCUT2D eigenvalue weighted by molar-refractivity contribution is -0.156. The van der Waals surface area contributed by atoms with Crippen molar-refractivity contribution in [2.24, 2.45) is 11.3 Å². The van der Waals surface area contributed by atoms with E-state index in [1.54, 1.807) is 23.5 Å². The van der Waals surface area contributed by atoms with Crippen molar-refractivity contribution in [2.45, 2.75) is 38.5 Å². The molecule has 0 saturated carbocycles. The smallest absolute Gasteiger partial charge is 0.410 e. The number of carbonyl (C=O) groups excluding carboxylic acids is 2. The lowest BCUT2D eigenvalue weighted by Gasteiger charge is -2.52. The number of benzene rings is 2. The van der Waals surface area contributed by atoms with Crippen LogP contribution in [0.4, 0.5) is 4.79 Å². The van der Waals surface area contributed by atoms with Gasteiger partial charge in [-0.15, -0.1) is 0 Å². The first-order valence-corrected chi connectivity index (χ1v) is 11.8. The van der Waals surface area contributed by atoms with Crippen molar-refractivity contribution in [1.82, 2.24) is 20.2 Å². The van der Waals surface area contributed by atoms with E-state index in [-0.39, 0.29) is 18.1 Å². The number of hydrogen-bond acceptors (Lipinski definition) is 7. The molecular formula is C27H30N4O4. The van der Waals surface area contributed by atoms with Crippen molar-refractivity contribution < 1.29 is 19.1 Å². The summed E-state index contributed by atoms with van der Waals surface area (Å²) in [4.78, 5) is 36.6. The van der Waals surface area contributed by atoms with E-state index < -0.39 is 23.0 Å². The van der Waals surface area contributed by atoms with Crippen molar-refractivity contribution in [2.75, 3.05) is 20.2 Å². The van der Waals surface area contributed by atoms with Gasteiger partial charge in [-0.3, -0.25) is 14.8 Å². The fourth-order valence-corrected chi connectivity index (χ4v) is 5.48. The molecule has 35 heavy (non-hydrogen) atoms. The van der Waals surface area contributed by atoms with Crippen molar-refractivity contribution in [3.05, 3.63) is 72.3 Å². The quantitative estimate of drug-likeness (QED) is 0.573. The Bertz CT molecular complexity index is 1250. The second-order valence-corrected chi connectivity index (χ2v) is 10.4. The predicted molar refractivity (Wildman–Crippen MR) is 130 cm³/mol. The molecule has 1 N–H and O–H groups in total. The molecule has 2 aromatic carbocycles. The molecular weight excluding hydrogens is 444 g/mol. The van der Waals surface area contributed by atoms with Gasteiger partial charge in [-0.2, -0.15) is 0 Å². The van der Waals surface area contributed by atoms with E-state index in [2.05, 4.69) is 39.6 Å². The zero-order valence-corrected chi connectivity index (χ0v) is 20.4. The minimum atomic E-state index is -0.615. The standard InChI is InChI=1S/C27H30N4O4/c1-26(2,3)35-25(33)31-15-27(16-31)21(24(32)34-4)22(30-23(27)20-14-28-11-12-29-20)19-10-9-17-7-5-6-8-18(17)13-19/h5-14,21-23,30H,15-16H2,1-4H3/t21-,22-,23+/m0/s1. The molecule has 8 nitrogen and oxygen atoms in total. The summed E-state index contributed by atoms with van der Waals surface area (Å²) in [5.74, 6) is -0.842. The number of likely N-dealkylation sites (tertiary alicyclic amines) is 1. The van der Waals surface area contributed by atoms with Gasteiger partial charge in [-0.05, 0) is 43.2 Å². The van der Waals surface area contributed by atoms with E-state index in [0.29, 0.717) is 13.1 Å². The Kier molecular flexibility index (Phi) is 5.71. The summed E-state index contributed by atoms with van der Waals surface area (Å²) < 4.78 is 10.9. The zero-order chi connectivity index (χ0) is 24.8. The third-order valence-electron chi connectivity index (χ3n) is 6.96. The molecule has 1 spiro atoms. The maximum atomic E-state index is 13.3. The minimum Gasteiger partial charge on any atom is -0.469 e. The molecule has 2 aliphatic rings. The van der Waals surface area contributed by atoms with Crippen LogP contribution in [-0.4, -0.2) is 52.7 Å². The van der Waals surface area contributed by atoms with Gasteiger partial charge in [0.15, 0.2) is 0 Å². The number of methoxy groups -OCH3 is 1. The number of nitrogens with one attached hydrogen (secondary N) is 1. The highest BCUT2D eigenvalue weighted by Crippen LogP contribution is 2.58. The van der Waals surface area contributed by atoms with Crippen LogP contribution in [0.25, 0.3) is 10.8 Å². The highest BCUT2D eigenvalue weighted by molar-refractivity contribution is 5.84. The molecule has 1 amide bonds. The van der Waals surface area contributed by atoms with Crippen LogP contribution in [0, 0.1) is 11.3 Å². The highest BCUT2D eigenvalue weighted by Gasteiger charge is 2.66. The van der Waals surface area contributed by atoms with Gasteiger partial charge < -0.3 is 19.7 Å². The topological polar surface area (TPSA) is 93.6 Å².